The molecule has 0 aromatic carbocycles. The first-order valence-corrected chi connectivity index (χ1v) is 7.82. The number of aromatic amines is 1. The van der Waals surface area contributed by atoms with E-state index in [1.165, 1.54) is 31.2 Å². The third-order valence-corrected chi connectivity index (χ3v) is 4.31. The van der Waals surface area contributed by atoms with Gasteiger partial charge in [-0.25, -0.2) is 0 Å². The molecule has 0 saturated heterocycles. The number of aromatic nitrogens is 4. The Bertz CT molecular complexity index is 563. The van der Waals surface area contributed by atoms with E-state index in [9.17, 15) is 0 Å². The van der Waals surface area contributed by atoms with Crippen LogP contribution in [0.5, 0.6) is 0 Å². The summed E-state index contributed by atoms with van der Waals surface area (Å²) in [7, 11) is 0. The summed E-state index contributed by atoms with van der Waals surface area (Å²) < 4.78 is 5.17. The predicted molar refractivity (Wildman–Crippen MR) is 80.4 cm³/mol. The molecular weight excluding hydrogens is 266 g/mol. The molecule has 6 nitrogen and oxygen atoms in total. The van der Waals surface area contributed by atoms with Gasteiger partial charge in [0.1, 0.15) is 11.6 Å². The molecule has 114 valence electrons. The molecule has 1 aliphatic rings. The van der Waals surface area contributed by atoms with Gasteiger partial charge in [-0.1, -0.05) is 18.0 Å². The largest absolute Gasteiger partial charge is 0.361 e. The topological polar surface area (TPSA) is 79.6 Å². The van der Waals surface area contributed by atoms with Crippen LogP contribution in [-0.4, -0.2) is 26.9 Å². The Morgan fingerprint density at radius 3 is 2.81 bits per heavy atom. The van der Waals surface area contributed by atoms with Crippen LogP contribution in [0.15, 0.2) is 4.52 Å². The molecule has 1 saturated carbocycles. The Kier molecular flexibility index (Phi) is 4.22. The first-order valence-electron chi connectivity index (χ1n) is 7.82. The lowest BCUT2D eigenvalue weighted by Crippen LogP contribution is -2.05. The molecule has 0 unspecified atom stereocenters. The lowest BCUT2D eigenvalue weighted by Gasteiger charge is -2.03. The number of H-pyrrole nitrogens is 1. The highest BCUT2D eigenvalue weighted by Gasteiger charge is 2.20. The molecule has 0 spiro atoms. The van der Waals surface area contributed by atoms with Crippen LogP contribution in [0.25, 0.3) is 0 Å². The van der Waals surface area contributed by atoms with Crippen LogP contribution in [0.4, 0.5) is 5.95 Å². The maximum absolute atomic E-state index is 5.17. The average molecular weight is 289 g/mol. The van der Waals surface area contributed by atoms with Crippen molar-refractivity contribution >= 4 is 5.95 Å². The van der Waals surface area contributed by atoms with Crippen LogP contribution in [0.3, 0.4) is 0 Å². The van der Waals surface area contributed by atoms with Crippen molar-refractivity contribution in [1.82, 2.24) is 20.3 Å². The molecule has 1 aliphatic carbocycles. The fourth-order valence-corrected chi connectivity index (χ4v) is 3.06. The Morgan fingerprint density at radius 1 is 1.29 bits per heavy atom. The monoisotopic (exact) mass is 289 g/mol. The van der Waals surface area contributed by atoms with Gasteiger partial charge in [-0.2, -0.15) is 4.98 Å². The van der Waals surface area contributed by atoms with Crippen molar-refractivity contribution in [2.24, 2.45) is 0 Å². The van der Waals surface area contributed by atoms with Crippen molar-refractivity contribution in [3.05, 3.63) is 22.8 Å². The first-order chi connectivity index (χ1) is 10.2. The smallest absolute Gasteiger partial charge is 0.242 e. The quantitative estimate of drug-likeness (QED) is 0.799. The summed E-state index contributed by atoms with van der Waals surface area (Å²) in [6.07, 6.45) is 7.07. The third-order valence-electron chi connectivity index (χ3n) is 4.31. The second kappa shape index (κ2) is 6.28. The van der Waals surface area contributed by atoms with E-state index in [2.05, 4.69) is 25.7 Å². The molecule has 0 aliphatic heterocycles. The molecule has 0 bridgehead atoms. The highest BCUT2D eigenvalue weighted by atomic mass is 16.5. The zero-order valence-electron chi connectivity index (χ0n) is 12.8. The Hall–Kier alpha value is -1.85. The van der Waals surface area contributed by atoms with Gasteiger partial charge in [0.2, 0.25) is 5.95 Å². The molecule has 6 heteroatoms. The highest BCUT2D eigenvalue weighted by molar-refractivity contribution is 5.24. The van der Waals surface area contributed by atoms with E-state index in [-0.39, 0.29) is 0 Å². The number of nitrogens with zero attached hydrogens (tertiary/aromatic N) is 3. The van der Waals surface area contributed by atoms with E-state index in [0.717, 1.165) is 42.6 Å². The molecular formula is C15H23N5O. The molecule has 0 amide bonds. The van der Waals surface area contributed by atoms with Crippen LogP contribution in [0.2, 0.25) is 0 Å². The van der Waals surface area contributed by atoms with Gasteiger partial charge in [0.05, 0.1) is 5.69 Å². The SMILES string of the molecule is Cc1noc(C)c1CCCNc1n[nH]c(C2CCCC2)n1. The lowest BCUT2D eigenvalue weighted by atomic mass is 10.1. The molecule has 2 aromatic heterocycles. The normalized spacial score (nSPS) is 15.7. The Morgan fingerprint density at radius 2 is 2.10 bits per heavy atom. The molecule has 2 heterocycles. The van der Waals surface area contributed by atoms with E-state index in [1.807, 2.05) is 13.8 Å². The Balaban J connectivity index is 1.45. The van der Waals surface area contributed by atoms with Gasteiger partial charge < -0.3 is 9.84 Å². The maximum atomic E-state index is 5.17. The summed E-state index contributed by atoms with van der Waals surface area (Å²) >= 11 is 0. The zero-order valence-corrected chi connectivity index (χ0v) is 12.8. The summed E-state index contributed by atoms with van der Waals surface area (Å²) in [6, 6.07) is 0. The molecule has 2 aromatic rings. The van der Waals surface area contributed by atoms with Gasteiger partial charge in [0.15, 0.2) is 0 Å². The number of hydrogen-bond acceptors (Lipinski definition) is 5. The van der Waals surface area contributed by atoms with Gasteiger partial charge in [0, 0.05) is 18.0 Å². The number of rotatable bonds is 6. The van der Waals surface area contributed by atoms with Gasteiger partial charge in [0.25, 0.3) is 0 Å². The minimum absolute atomic E-state index is 0.579. The summed E-state index contributed by atoms with van der Waals surface area (Å²) in [5.74, 6) is 3.26. The molecule has 0 radical (unpaired) electrons. The van der Waals surface area contributed by atoms with Crippen LogP contribution < -0.4 is 5.32 Å². The van der Waals surface area contributed by atoms with Gasteiger partial charge in [-0.15, -0.1) is 5.10 Å². The minimum atomic E-state index is 0.579. The van der Waals surface area contributed by atoms with Crippen LogP contribution >= 0.6 is 0 Å². The molecule has 1 fully saturated rings. The second-order valence-electron chi connectivity index (χ2n) is 5.86. The average Bonchev–Trinajstić information content (AvgIpc) is 3.19. The summed E-state index contributed by atoms with van der Waals surface area (Å²) in [6.45, 7) is 4.81. The van der Waals surface area contributed by atoms with Crippen molar-refractivity contribution < 1.29 is 4.52 Å². The number of anilines is 1. The van der Waals surface area contributed by atoms with E-state index in [0.29, 0.717) is 5.92 Å². The number of aryl methyl sites for hydroxylation is 2. The van der Waals surface area contributed by atoms with E-state index >= 15 is 0 Å². The van der Waals surface area contributed by atoms with E-state index in [4.69, 9.17) is 4.52 Å². The van der Waals surface area contributed by atoms with Gasteiger partial charge in [-0.3, -0.25) is 5.10 Å². The Labute approximate surface area is 124 Å². The fourth-order valence-electron chi connectivity index (χ4n) is 3.06. The second-order valence-corrected chi connectivity index (χ2v) is 5.86. The molecule has 21 heavy (non-hydrogen) atoms. The predicted octanol–water partition coefficient (Wildman–Crippen LogP) is 3.11. The summed E-state index contributed by atoms with van der Waals surface area (Å²) in [4.78, 5) is 4.55. The van der Waals surface area contributed by atoms with E-state index in [1.54, 1.807) is 0 Å². The van der Waals surface area contributed by atoms with Crippen LogP contribution in [0.1, 0.15) is 60.9 Å². The molecule has 3 rings (SSSR count). The van der Waals surface area contributed by atoms with Crippen molar-refractivity contribution in [2.45, 2.75) is 58.3 Å². The fraction of sp³-hybridized carbons (Fsp3) is 0.667. The maximum Gasteiger partial charge on any atom is 0.242 e. The minimum Gasteiger partial charge on any atom is -0.361 e. The van der Waals surface area contributed by atoms with Crippen LogP contribution in [-0.2, 0) is 6.42 Å². The standard InChI is InChI=1S/C15H23N5O/c1-10-13(11(2)21-20-10)8-5-9-16-15-17-14(18-19-15)12-6-3-4-7-12/h12H,3-9H2,1-2H3,(H2,16,17,18,19). The van der Waals surface area contributed by atoms with E-state index < -0.39 is 0 Å². The number of hydrogen-bond donors (Lipinski definition) is 2. The first kappa shape index (κ1) is 14.1. The van der Waals surface area contributed by atoms with Gasteiger partial charge >= 0.3 is 0 Å². The zero-order chi connectivity index (χ0) is 14.7. The highest BCUT2D eigenvalue weighted by Crippen LogP contribution is 2.32. The van der Waals surface area contributed by atoms with Crippen molar-refractivity contribution in [2.75, 3.05) is 11.9 Å². The third kappa shape index (κ3) is 3.25. The van der Waals surface area contributed by atoms with Crippen molar-refractivity contribution in [3.63, 3.8) is 0 Å². The van der Waals surface area contributed by atoms with Crippen LogP contribution in [0, 0.1) is 13.8 Å². The van der Waals surface area contributed by atoms with Crippen molar-refractivity contribution in [3.8, 4) is 0 Å². The number of nitrogens with one attached hydrogen (secondary N) is 2. The summed E-state index contributed by atoms with van der Waals surface area (Å²) in [5.41, 5.74) is 2.22. The summed E-state index contributed by atoms with van der Waals surface area (Å²) in [5, 5.41) is 14.6. The van der Waals surface area contributed by atoms with Gasteiger partial charge in [-0.05, 0) is 39.5 Å². The molecule has 0 atom stereocenters. The molecule has 2 N–H and O–H groups in total. The lowest BCUT2D eigenvalue weighted by molar-refractivity contribution is 0.392. The van der Waals surface area contributed by atoms with Crippen molar-refractivity contribution in [1.29, 1.82) is 0 Å².